The van der Waals surface area contributed by atoms with E-state index >= 15 is 0 Å². The highest BCUT2D eigenvalue weighted by molar-refractivity contribution is 5.95. The van der Waals surface area contributed by atoms with Crippen LogP contribution in [-0.2, 0) is 16.0 Å². The summed E-state index contributed by atoms with van der Waals surface area (Å²) in [6.07, 6.45) is 2.65. The van der Waals surface area contributed by atoms with Crippen molar-refractivity contribution in [3.63, 3.8) is 0 Å². The number of likely N-dealkylation sites (tertiary alicyclic amines) is 1. The summed E-state index contributed by atoms with van der Waals surface area (Å²) in [7, 11) is 3.21. The predicted molar refractivity (Wildman–Crippen MR) is 86.3 cm³/mol. The second kappa shape index (κ2) is 7.12. The molecule has 1 aromatic rings. The maximum atomic E-state index is 13.0. The van der Waals surface area contributed by atoms with Crippen LogP contribution in [-0.4, -0.2) is 59.8 Å². The molecule has 0 aliphatic carbocycles. The van der Waals surface area contributed by atoms with Gasteiger partial charge >= 0.3 is 0 Å². The average Bonchev–Trinajstić information content (AvgIpc) is 3.10. The van der Waals surface area contributed by atoms with Crippen LogP contribution in [0.2, 0.25) is 0 Å². The van der Waals surface area contributed by atoms with Crippen molar-refractivity contribution in [3.8, 4) is 0 Å². The first-order chi connectivity index (χ1) is 11.0. The minimum Gasteiger partial charge on any atom is -0.382 e. The number of aromatic amines is 1. The van der Waals surface area contributed by atoms with Crippen LogP contribution in [0, 0.1) is 6.92 Å². The number of aryl methyl sites for hydroxylation is 1. The van der Waals surface area contributed by atoms with E-state index in [4.69, 9.17) is 4.74 Å². The van der Waals surface area contributed by atoms with Crippen molar-refractivity contribution in [1.82, 2.24) is 20.4 Å². The fourth-order valence-electron chi connectivity index (χ4n) is 3.41. The van der Waals surface area contributed by atoms with Crippen LogP contribution in [0.3, 0.4) is 0 Å². The Morgan fingerprint density at radius 1 is 1.48 bits per heavy atom. The van der Waals surface area contributed by atoms with Crippen molar-refractivity contribution in [2.24, 2.45) is 0 Å². The van der Waals surface area contributed by atoms with Crippen molar-refractivity contribution in [2.75, 3.05) is 27.3 Å². The maximum Gasteiger partial charge on any atom is 0.275 e. The number of nitrogens with zero attached hydrogens (tertiary/aromatic N) is 2. The molecule has 1 aliphatic rings. The molecule has 1 aromatic heterocycles. The summed E-state index contributed by atoms with van der Waals surface area (Å²) in [6, 6.07) is 0. The van der Waals surface area contributed by atoms with Gasteiger partial charge in [0.1, 0.15) is 0 Å². The van der Waals surface area contributed by atoms with Crippen LogP contribution in [0.25, 0.3) is 0 Å². The second-order valence-electron chi connectivity index (χ2n) is 6.10. The molecule has 128 valence electrons. The molecule has 7 nitrogen and oxygen atoms in total. The molecule has 7 heteroatoms. The Balaban J connectivity index is 2.32. The molecule has 0 bridgehead atoms. The third-order valence-electron chi connectivity index (χ3n) is 4.69. The molecule has 23 heavy (non-hydrogen) atoms. The van der Waals surface area contributed by atoms with Gasteiger partial charge in [-0.15, -0.1) is 0 Å². The molecule has 1 aliphatic heterocycles. The lowest BCUT2D eigenvalue weighted by molar-refractivity contribution is -0.123. The van der Waals surface area contributed by atoms with Gasteiger partial charge in [0.05, 0.1) is 18.6 Å². The van der Waals surface area contributed by atoms with Crippen molar-refractivity contribution in [2.45, 2.75) is 45.1 Å². The van der Waals surface area contributed by atoms with Gasteiger partial charge in [-0.3, -0.25) is 14.7 Å². The summed E-state index contributed by atoms with van der Waals surface area (Å²) in [4.78, 5) is 26.7. The Labute approximate surface area is 136 Å². The normalized spacial score (nSPS) is 20.8. The van der Waals surface area contributed by atoms with Gasteiger partial charge in [-0.2, -0.15) is 5.10 Å². The van der Waals surface area contributed by atoms with Crippen LogP contribution in [0.5, 0.6) is 0 Å². The van der Waals surface area contributed by atoms with Gasteiger partial charge in [0.25, 0.3) is 5.91 Å². The van der Waals surface area contributed by atoms with E-state index in [1.807, 2.05) is 13.8 Å². The molecule has 2 N–H and O–H groups in total. The smallest absolute Gasteiger partial charge is 0.275 e. The molecule has 1 fully saturated rings. The fourth-order valence-corrected chi connectivity index (χ4v) is 3.41. The number of rotatable bonds is 6. The molecule has 2 amide bonds. The summed E-state index contributed by atoms with van der Waals surface area (Å²) in [5.74, 6) is -0.216. The number of aromatic nitrogens is 2. The highest BCUT2D eigenvalue weighted by Gasteiger charge is 2.46. The zero-order chi connectivity index (χ0) is 17.0. The fraction of sp³-hybridized carbons (Fsp3) is 0.688. The Morgan fingerprint density at radius 2 is 2.22 bits per heavy atom. The van der Waals surface area contributed by atoms with E-state index in [9.17, 15) is 9.59 Å². The van der Waals surface area contributed by atoms with Gasteiger partial charge in [0.15, 0.2) is 5.69 Å². The summed E-state index contributed by atoms with van der Waals surface area (Å²) in [6.45, 7) is 4.89. The van der Waals surface area contributed by atoms with E-state index in [0.717, 1.165) is 30.5 Å². The minimum atomic E-state index is -0.594. The van der Waals surface area contributed by atoms with E-state index in [0.29, 0.717) is 18.8 Å². The van der Waals surface area contributed by atoms with Gasteiger partial charge in [-0.05, 0) is 26.2 Å². The third-order valence-corrected chi connectivity index (χ3v) is 4.69. The molecule has 0 spiro atoms. The highest BCUT2D eigenvalue weighted by Crippen LogP contribution is 2.34. The lowest BCUT2D eigenvalue weighted by atomic mass is 9.91. The summed E-state index contributed by atoms with van der Waals surface area (Å²) in [5.41, 5.74) is 1.71. The summed E-state index contributed by atoms with van der Waals surface area (Å²) < 4.78 is 5.35. The number of carbonyl (C=O) groups is 2. The zero-order valence-electron chi connectivity index (χ0n) is 14.4. The molecule has 0 aromatic carbocycles. The number of carbonyl (C=O) groups excluding carboxylic acids is 2. The van der Waals surface area contributed by atoms with Gasteiger partial charge in [0.2, 0.25) is 5.91 Å². The SMILES string of the molecule is CCc1[nH]nc(C(=O)N2CCCC2(COC)CC(=O)NC)c1C. The van der Waals surface area contributed by atoms with E-state index in [1.165, 1.54) is 0 Å². The standard InChI is InChI=1S/C16H26N4O3/c1-5-12-11(2)14(19-18-12)15(22)20-8-6-7-16(20,10-23-4)9-13(21)17-3/h5-10H2,1-4H3,(H,17,21)(H,18,19). The zero-order valence-corrected chi connectivity index (χ0v) is 14.4. The van der Waals surface area contributed by atoms with Crippen LogP contribution in [0.15, 0.2) is 0 Å². The van der Waals surface area contributed by atoms with E-state index in [1.54, 1.807) is 19.1 Å². The van der Waals surface area contributed by atoms with Crippen molar-refractivity contribution in [3.05, 3.63) is 17.0 Å². The molecule has 1 unspecified atom stereocenters. The Morgan fingerprint density at radius 3 is 2.78 bits per heavy atom. The molecule has 1 saturated heterocycles. The topological polar surface area (TPSA) is 87.3 Å². The van der Waals surface area contributed by atoms with Crippen LogP contribution in [0.1, 0.15) is 47.9 Å². The van der Waals surface area contributed by atoms with Crippen LogP contribution < -0.4 is 5.32 Å². The first-order valence-electron chi connectivity index (χ1n) is 8.04. The molecule has 0 radical (unpaired) electrons. The maximum absolute atomic E-state index is 13.0. The predicted octanol–water partition coefficient (Wildman–Crippen LogP) is 1.04. The molecular formula is C16H26N4O3. The lowest BCUT2D eigenvalue weighted by Gasteiger charge is -2.37. The average molecular weight is 322 g/mol. The molecule has 2 heterocycles. The molecule has 0 saturated carbocycles. The summed E-state index contributed by atoms with van der Waals surface area (Å²) in [5, 5.41) is 9.77. The second-order valence-corrected chi connectivity index (χ2v) is 6.10. The quantitative estimate of drug-likeness (QED) is 0.819. The van der Waals surface area contributed by atoms with E-state index in [2.05, 4.69) is 15.5 Å². The largest absolute Gasteiger partial charge is 0.382 e. The number of methoxy groups -OCH3 is 1. The van der Waals surface area contributed by atoms with Gasteiger partial charge in [-0.25, -0.2) is 0 Å². The lowest BCUT2D eigenvalue weighted by Crippen LogP contribution is -2.53. The molecule has 2 rings (SSSR count). The Bertz CT molecular complexity index is 584. The molecular weight excluding hydrogens is 296 g/mol. The number of nitrogens with one attached hydrogen (secondary N) is 2. The third kappa shape index (κ3) is 3.24. The first kappa shape index (κ1) is 17.5. The Kier molecular flexibility index (Phi) is 5.41. The van der Waals surface area contributed by atoms with Gasteiger partial charge in [-0.1, -0.05) is 6.92 Å². The number of hydrogen-bond donors (Lipinski definition) is 2. The van der Waals surface area contributed by atoms with Crippen LogP contribution >= 0.6 is 0 Å². The van der Waals surface area contributed by atoms with E-state index < -0.39 is 5.54 Å². The van der Waals surface area contributed by atoms with Gasteiger partial charge < -0.3 is 15.0 Å². The van der Waals surface area contributed by atoms with Crippen molar-refractivity contribution >= 4 is 11.8 Å². The number of amides is 2. The Hall–Kier alpha value is -1.89. The monoisotopic (exact) mass is 322 g/mol. The molecule has 1 atom stereocenters. The number of H-pyrrole nitrogens is 1. The van der Waals surface area contributed by atoms with Crippen molar-refractivity contribution in [1.29, 1.82) is 0 Å². The highest BCUT2D eigenvalue weighted by atomic mass is 16.5. The minimum absolute atomic E-state index is 0.0882. The summed E-state index contributed by atoms with van der Waals surface area (Å²) >= 11 is 0. The van der Waals surface area contributed by atoms with E-state index in [-0.39, 0.29) is 18.2 Å². The number of ether oxygens (including phenoxy) is 1. The van der Waals surface area contributed by atoms with Crippen molar-refractivity contribution < 1.29 is 14.3 Å². The van der Waals surface area contributed by atoms with Crippen LogP contribution in [0.4, 0.5) is 0 Å². The number of hydrogen-bond acceptors (Lipinski definition) is 4. The first-order valence-corrected chi connectivity index (χ1v) is 8.04. The van der Waals surface area contributed by atoms with Gasteiger partial charge in [0, 0.05) is 32.0 Å².